The minimum atomic E-state index is -3.22. The third kappa shape index (κ3) is 8.91. The number of benzene rings is 2. The molecule has 12 nitrogen and oxygen atoms in total. The van der Waals surface area contributed by atoms with Crippen molar-refractivity contribution in [1.29, 1.82) is 10.5 Å². The second-order valence-electron chi connectivity index (χ2n) is 6.83. The molecule has 0 spiro atoms. The first-order chi connectivity index (χ1) is 18.1. The van der Waals surface area contributed by atoms with Crippen LogP contribution in [0.15, 0.2) is 41.5 Å². The lowest BCUT2D eigenvalue weighted by atomic mass is 10.1. The van der Waals surface area contributed by atoms with Crippen LogP contribution in [0.3, 0.4) is 0 Å². The minimum absolute atomic E-state index is 0. The summed E-state index contributed by atoms with van der Waals surface area (Å²) in [5.74, 6) is 0. The Morgan fingerprint density at radius 2 is 1.35 bits per heavy atom. The highest BCUT2D eigenvalue weighted by Gasteiger charge is 2.16. The smallest absolute Gasteiger partial charge is 0.339 e. The summed E-state index contributed by atoms with van der Waals surface area (Å²) < 4.78 is 9.51. The Balaban J connectivity index is 0.000000336. The summed E-state index contributed by atoms with van der Waals surface area (Å²) in [5, 5.41) is 36.2. The molecule has 0 atom stereocenters. The Morgan fingerprint density at radius 3 is 1.82 bits per heavy atom. The van der Waals surface area contributed by atoms with Gasteiger partial charge in [0.15, 0.2) is 0 Å². The third-order valence-electron chi connectivity index (χ3n) is 4.43. The van der Waals surface area contributed by atoms with Crippen LogP contribution in [0.4, 0.5) is 11.4 Å². The molecule has 0 bridgehead atoms. The number of non-ortho nitro benzene ring substituents is 2. The van der Waals surface area contributed by atoms with Crippen molar-refractivity contribution < 1.29 is 14.4 Å². The number of nitrogens with one attached hydrogen (secondary N) is 1. The zero-order chi connectivity index (χ0) is 29.7. The average molecular weight is 687 g/mol. The zero-order valence-corrected chi connectivity index (χ0v) is 23.8. The van der Waals surface area contributed by atoms with E-state index < -0.39 is 20.5 Å². The van der Waals surface area contributed by atoms with Gasteiger partial charge in [-0.25, -0.2) is 0 Å². The monoisotopic (exact) mass is 684 g/mol. The van der Waals surface area contributed by atoms with Crippen molar-refractivity contribution in [3.63, 3.8) is 0 Å². The van der Waals surface area contributed by atoms with Crippen molar-refractivity contribution in [2.75, 3.05) is 0 Å². The van der Waals surface area contributed by atoms with Gasteiger partial charge in [0.25, 0.3) is 11.4 Å². The van der Waals surface area contributed by atoms with Gasteiger partial charge in [0.05, 0.1) is 46.9 Å². The summed E-state index contributed by atoms with van der Waals surface area (Å²) in [5.41, 5.74) is -0.413. The summed E-state index contributed by atoms with van der Waals surface area (Å²) in [6.45, 7) is 0. The lowest BCUT2D eigenvalue weighted by Crippen LogP contribution is -2.07. The lowest BCUT2D eigenvalue weighted by Gasteiger charge is -2.03. The third-order valence-corrected chi connectivity index (χ3v) is 5.42. The Hall–Kier alpha value is -3.19. The molecule has 0 radical (unpaired) electrons. The standard InChI is InChI=1S/C10H3Cl2N3O2.C10H4ClN3O3.CH4.Cl3OP/c11-8-2-6(15(16)17)1-7-9(12)5(3-13)4-14-10(7)8;11-8-2-6(14(16)17)1-7-9(8)13-4-5(3-12)10(7)15;;1-5(2,3)4/h1-2,4H;1-2,4H,(H,13,15);1H4;. The van der Waals surface area contributed by atoms with Crippen molar-refractivity contribution in [3.05, 3.63) is 93.3 Å². The van der Waals surface area contributed by atoms with Crippen molar-refractivity contribution in [2.24, 2.45) is 0 Å². The topological polar surface area (TPSA) is 197 Å². The molecule has 1 N–H and O–H groups in total. The number of halogens is 6. The van der Waals surface area contributed by atoms with Gasteiger partial charge in [-0.15, -0.1) is 0 Å². The largest absolute Gasteiger partial charge is 0.358 e. The number of nitriles is 2. The Bertz CT molecular complexity index is 1820. The Labute approximate surface area is 253 Å². The van der Waals surface area contributed by atoms with Crippen molar-refractivity contribution in [2.45, 2.75) is 7.43 Å². The van der Waals surface area contributed by atoms with E-state index in [4.69, 9.17) is 45.3 Å². The van der Waals surface area contributed by atoms with E-state index in [0.717, 1.165) is 12.1 Å². The van der Waals surface area contributed by atoms with Crippen LogP contribution >= 0.6 is 73.7 Å². The van der Waals surface area contributed by atoms with Gasteiger partial charge in [-0.3, -0.25) is 34.6 Å². The first kappa shape index (κ1) is 34.8. The maximum Gasteiger partial charge on any atom is 0.339 e. The van der Waals surface area contributed by atoms with Crippen LogP contribution in [0.5, 0.6) is 0 Å². The van der Waals surface area contributed by atoms with Crippen LogP contribution in [-0.2, 0) is 4.57 Å². The van der Waals surface area contributed by atoms with E-state index in [2.05, 4.69) is 43.7 Å². The van der Waals surface area contributed by atoms with E-state index in [1.54, 1.807) is 6.07 Å². The molecule has 0 unspecified atom stereocenters. The summed E-state index contributed by atoms with van der Waals surface area (Å²) in [6, 6.07) is 8.23. The highest BCUT2D eigenvalue weighted by atomic mass is 36.0. The zero-order valence-electron chi connectivity index (χ0n) is 18.4. The molecule has 0 saturated carbocycles. The van der Waals surface area contributed by atoms with E-state index in [1.807, 2.05) is 6.07 Å². The molecule has 2 aromatic heterocycles. The van der Waals surface area contributed by atoms with Crippen LogP contribution in [0.1, 0.15) is 18.6 Å². The number of pyridine rings is 2. The number of nitro groups is 2. The fourth-order valence-corrected chi connectivity index (χ4v) is 3.62. The van der Waals surface area contributed by atoms with Gasteiger partial charge in [0, 0.05) is 42.0 Å². The molecule has 40 heavy (non-hydrogen) atoms. The van der Waals surface area contributed by atoms with Crippen molar-refractivity contribution >= 4 is 107 Å². The predicted molar refractivity (Wildman–Crippen MR) is 156 cm³/mol. The number of rotatable bonds is 2. The van der Waals surface area contributed by atoms with E-state index in [-0.39, 0.29) is 55.9 Å². The van der Waals surface area contributed by atoms with Crippen LogP contribution in [0.2, 0.25) is 15.1 Å². The van der Waals surface area contributed by atoms with Crippen LogP contribution in [0.25, 0.3) is 21.8 Å². The summed E-state index contributed by atoms with van der Waals surface area (Å²) in [4.78, 5) is 38.5. The molecule has 0 aliphatic rings. The molecule has 0 amide bonds. The number of nitrogens with zero attached hydrogens (tertiary/aromatic N) is 5. The summed E-state index contributed by atoms with van der Waals surface area (Å²) >= 11 is 31.5. The number of nitro benzene ring substituents is 2. The molecule has 0 saturated heterocycles. The number of hydrogen-bond donors (Lipinski definition) is 1. The van der Waals surface area contributed by atoms with Gasteiger partial charge >= 0.3 is 5.20 Å². The van der Waals surface area contributed by atoms with Gasteiger partial charge < -0.3 is 4.98 Å². The van der Waals surface area contributed by atoms with Gasteiger partial charge in [0.1, 0.15) is 17.7 Å². The van der Waals surface area contributed by atoms with E-state index in [1.165, 1.54) is 24.5 Å². The Kier molecular flexibility index (Phi) is 12.6. The predicted octanol–water partition coefficient (Wildman–Crippen LogP) is 8.73. The normalized spacial score (nSPS) is 10.1. The average Bonchev–Trinajstić information content (AvgIpc) is 2.84. The number of aromatic amines is 1. The van der Waals surface area contributed by atoms with E-state index >= 15 is 0 Å². The molecule has 0 aliphatic heterocycles. The Morgan fingerprint density at radius 1 is 0.875 bits per heavy atom. The van der Waals surface area contributed by atoms with Crippen molar-refractivity contribution in [3.8, 4) is 12.1 Å². The molecule has 208 valence electrons. The quantitative estimate of drug-likeness (QED) is 0.122. The van der Waals surface area contributed by atoms with E-state index in [0.29, 0.717) is 10.9 Å². The minimum Gasteiger partial charge on any atom is -0.358 e. The lowest BCUT2D eigenvalue weighted by molar-refractivity contribution is -0.384. The first-order valence-corrected chi connectivity index (χ1v) is 15.0. The van der Waals surface area contributed by atoms with Crippen LogP contribution in [0, 0.1) is 42.9 Å². The molecule has 19 heteroatoms. The molecule has 4 rings (SSSR count). The van der Waals surface area contributed by atoms with Crippen molar-refractivity contribution in [1.82, 2.24) is 9.97 Å². The number of hydrogen-bond acceptors (Lipinski definition) is 9. The summed E-state index contributed by atoms with van der Waals surface area (Å²) in [6.07, 6.45) is 2.50. The molecule has 4 aromatic rings. The fraction of sp³-hybridized carbons (Fsp3) is 0.0476. The van der Waals surface area contributed by atoms with Gasteiger partial charge in [-0.2, -0.15) is 10.5 Å². The molecular formula is C21H11Cl6N6O6P. The first-order valence-electron chi connectivity index (χ1n) is 9.49. The van der Waals surface area contributed by atoms with Crippen LogP contribution < -0.4 is 5.43 Å². The molecule has 2 heterocycles. The molecular weight excluding hydrogens is 676 g/mol. The second-order valence-corrected chi connectivity index (χ2v) is 14.7. The van der Waals surface area contributed by atoms with Gasteiger partial charge in [-0.05, 0) is 33.7 Å². The molecule has 0 fully saturated rings. The number of fused-ring (bicyclic) bond motifs is 2. The van der Waals surface area contributed by atoms with Crippen LogP contribution in [-0.4, -0.2) is 19.8 Å². The highest BCUT2D eigenvalue weighted by molar-refractivity contribution is 8.24. The fourth-order valence-electron chi connectivity index (χ4n) is 2.86. The number of aromatic nitrogens is 2. The molecule has 2 aromatic carbocycles. The maximum atomic E-state index is 11.8. The number of H-pyrrole nitrogens is 1. The highest BCUT2D eigenvalue weighted by Crippen LogP contribution is 2.61. The molecule has 0 aliphatic carbocycles. The van der Waals surface area contributed by atoms with Gasteiger partial charge in [0.2, 0.25) is 5.43 Å². The van der Waals surface area contributed by atoms with Gasteiger partial charge in [-0.1, -0.05) is 42.2 Å². The maximum absolute atomic E-state index is 11.8. The second kappa shape index (κ2) is 14.4. The van der Waals surface area contributed by atoms with E-state index in [9.17, 15) is 29.6 Å². The summed E-state index contributed by atoms with van der Waals surface area (Å²) in [7, 11) is 0. The SMILES string of the molecule is C.N#Cc1c[nH]c2c(Cl)cc([N+](=O)[O-])cc2c1=O.N#Cc1cnc2c(Cl)cc([N+](=O)[O-])cc2c1Cl.O=P(Cl)(Cl)Cl.